The molecule has 1 fully saturated rings. The van der Waals surface area contributed by atoms with E-state index in [0.29, 0.717) is 30.4 Å². The molecule has 35 heavy (non-hydrogen) atoms. The Kier molecular flexibility index (Phi) is 8.10. The molecule has 0 spiro atoms. The van der Waals surface area contributed by atoms with E-state index in [1.165, 1.54) is 24.3 Å². The van der Waals surface area contributed by atoms with Crippen molar-refractivity contribution < 1.29 is 9.59 Å². The van der Waals surface area contributed by atoms with Crippen molar-refractivity contribution in [1.29, 1.82) is 0 Å². The Morgan fingerprint density at radius 1 is 1.11 bits per heavy atom. The first-order chi connectivity index (χ1) is 16.9. The Hall–Kier alpha value is -3.29. The van der Waals surface area contributed by atoms with E-state index in [0.717, 1.165) is 38.4 Å². The Morgan fingerprint density at radius 3 is 2.51 bits per heavy atom. The van der Waals surface area contributed by atoms with Crippen molar-refractivity contribution in [2.24, 2.45) is 23.7 Å². The van der Waals surface area contributed by atoms with E-state index in [4.69, 9.17) is 0 Å². The van der Waals surface area contributed by atoms with Gasteiger partial charge in [-0.1, -0.05) is 31.6 Å². The zero-order chi connectivity index (χ0) is 24.8. The molecule has 8 nitrogen and oxygen atoms in total. The molecule has 1 saturated heterocycles. The summed E-state index contributed by atoms with van der Waals surface area (Å²) in [5.41, 5.74) is 1.72. The van der Waals surface area contributed by atoms with E-state index in [9.17, 15) is 9.59 Å². The number of aromatic nitrogens is 3. The number of piperazine rings is 1. The van der Waals surface area contributed by atoms with Gasteiger partial charge in [0, 0.05) is 57.7 Å². The lowest BCUT2D eigenvalue weighted by Crippen LogP contribution is -2.49. The Labute approximate surface area is 207 Å². The van der Waals surface area contributed by atoms with Crippen molar-refractivity contribution in [3.8, 4) is 0 Å². The topological polar surface area (TPSA) is 91.3 Å². The number of anilines is 1. The first-order valence-electron chi connectivity index (χ1n) is 12.6. The smallest absolute Gasteiger partial charge is 0.254 e. The number of carbonyl (C=O) groups is 2. The molecule has 1 aliphatic heterocycles. The van der Waals surface area contributed by atoms with E-state index >= 15 is 0 Å². The van der Waals surface area contributed by atoms with Crippen LogP contribution in [0.15, 0.2) is 54.8 Å². The van der Waals surface area contributed by atoms with Crippen LogP contribution in [0, 0.1) is 23.7 Å². The summed E-state index contributed by atoms with van der Waals surface area (Å²) in [5.74, 6) is 2.42. The summed E-state index contributed by atoms with van der Waals surface area (Å²) in [4.78, 5) is 42.2. The number of hydrogen-bond donors (Lipinski definition) is 1. The molecular weight excluding hydrogens is 440 g/mol. The van der Waals surface area contributed by atoms with Gasteiger partial charge in [0.15, 0.2) is 0 Å². The number of pyridine rings is 1. The molecular formula is C27H36N6O2. The van der Waals surface area contributed by atoms with Gasteiger partial charge in [0.25, 0.3) is 5.91 Å². The summed E-state index contributed by atoms with van der Waals surface area (Å²) >= 11 is 0. The van der Waals surface area contributed by atoms with E-state index in [1.807, 2.05) is 29.3 Å². The van der Waals surface area contributed by atoms with Gasteiger partial charge in [0.05, 0.1) is 5.56 Å². The van der Waals surface area contributed by atoms with Crippen LogP contribution in [0.1, 0.15) is 44.0 Å². The molecule has 0 aromatic carbocycles. The highest BCUT2D eigenvalue weighted by molar-refractivity contribution is 5.93. The van der Waals surface area contributed by atoms with Gasteiger partial charge >= 0.3 is 0 Å². The fourth-order valence-corrected chi connectivity index (χ4v) is 5.30. The minimum absolute atomic E-state index is 0.152. The number of amides is 2. The van der Waals surface area contributed by atoms with Crippen LogP contribution in [-0.2, 0) is 4.79 Å². The highest BCUT2D eigenvalue weighted by Gasteiger charge is 2.34. The molecule has 2 aliphatic rings. The zero-order valence-electron chi connectivity index (χ0n) is 20.9. The van der Waals surface area contributed by atoms with Crippen LogP contribution in [-0.4, -0.2) is 64.4 Å². The molecule has 1 aliphatic carbocycles. The third-order valence-corrected chi connectivity index (χ3v) is 7.43. The Bertz CT molecular complexity index is 1020. The summed E-state index contributed by atoms with van der Waals surface area (Å²) in [5, 5.41) is 3.05. The number of hydrogen-bond acceptors (Lipinski definition) is 6. The molecule has 3 atom stereocenters. The standard InChI is InChI=1S/C27H36N6O2/c1-19(2)24-13-21(20(3)12-22(24)17-31-27(35)23-15-28-18-29-16-23)14-26(34)33-10-8-32(9-11-33)25-6-4-5-7-30-25/h4-7,12,15-16,18-19,21-22,24H,8-11,13-14,17H2,1-3H3,(H,31,35)/t21-,22-,24-/m0/s1. The van der Waals surface area contributed by atoms with Gasteiger partial charge in [0.2, 0.25) is 5.91 Å². The highest BCUT2D eigenvalue weighted by Crippen LogP contribution is 2.39. The van der Waals surface area contributed by atoms with Crippen molar-refractivity contribution in [3.63, 3.8) is 0 Å². The largest absolute Gasteiger partial charge is 0.353 e. The van der Waals surface area contributed by atoms with E-state index in [1.54, 1.807) is 0 Å². The van der Waals surface area contributed by atoms with E-state index in [2.05, 4.69) is 52.0 Å². The molecule has 2 aromatic heterocycles. The Balaban J connectivity index is 1.33. The lowest BCUT2D eigenvalue weighted by atomic mass is 9.69. The maximum absolute atomic E-state index is 13.2. The van der Waals surface area contributed by atoms with Gasteiger partial charge in [0.1, 0.15) is 12.1 Å². The summed E-state index contributed by atoms with van der Waals surface area (Å²) in [6.07, 6.45) is 10.1. The van der Waals surface area contributed by atoms with Gasteiger partial charge in [-0.15, -0.1) is 0 Å². The van der Waals surface area contributed by atoms with E-state index in [-0.39, 0.29) is 23.7 Å². The predicted molar refractivity (Wildman–Crippen MR) is 136 cm³/mol. The maximum Gasteiger partial charge on any atom is 0.254 e. The van der Waals surface area contributed by atoms with Gasteiger partial charge in [-0.25, -0.2) is 15.0 Å². The van der Waals surface area contributed by atoms with Crippen molar-refractivity contribution >= 4 is 17.6 Å². The molecule has 3 heterocycles. The SMILES string of the molecule is CC1=C[C@@H](CNC(=O)c2cncnc2)[C@H](C(C)C)C[C@H]1CC(=O)N1CCN(c2ccccn2)CC1. The molecule has 1 N–H and O–H groups in total. The second-order valence-corrected chi connectivity index (χ2v) is 10.0. The number of carbonyl (C=O) groups excluding carboxylic acids is 2. The maximum atomic E-state index is 13.2. The fourth-order valence-electron chi connectivity index (χ4n) is 5.30. The summed E-state index contributed by atoms with van der Waals surface area (Å²) < 4.78 is 0. The molecule has 0 radical (unpaired) electrons. The van der Waals surface area contributed by atoms with Crippen molar-refractivity contribution in [1.82, 2.24) is 25.2 Å². The lowest BCUT2D eigenvalue weighted by Gasteiger charge is -2.39. The fraction of sp³-hybridized carbons (Fsp3) is 0.519. The first kappa shape index (κ1) is 24.8. The minimum Gasteiger partial charge on any atom is -0.353 e. The van der Waals surface area contributed by atoms with Gasteiger partial charge in [-0.05, 0) is 49.1 Å². The van der Waals surface area contributed by atoms with Crippen LogP contribution in [0.25, 0.3) is 0 Å². The van der Waals surface area contributed by atoms with Crippen LogP contribution in [0.4, 0.5) is 5.82 Å². The van der Waals surface area contributed by atoms with Crippen LogP contribution in [0.2, 0.25) is 0 Å². The number of nitrogens with one attached hydrogen (secondary N) is 1. The van der Waals surface area contributed by atoms with Crippen LogP contribution < -0.4 is 10.2 Å². The molecule has 4 rings (SSSR count). The Morgan fingerprint density at radius 2 is 1.86 bits per heavy atom. The summed E-state index contributed by atoms with van der Waals surface area (Å²) in [7, 11) is 0. The van der Waals surface area contributed by atoms with Gasteiger partial charge in [-0.3, -0.25) is 9.59 Å². The van der Waals surface area contributed by atoms with Crippen LogP contribution in [0.5, 0.6) is 0 Å². The average molecular weight is 477 g/mol. The van der Waals surface area contributed by atoms with Crippen molar-refractivity contribution in [2.75, 3.05) is 37.6 Å². The molecule has 8 heteroatoms. The van der Waals surface area contributed by atoms with Crippen molar-refractivity contribution in [3.05, 3.63) is 60.3 Å². The monoisotopic (exact) mass is 476 g/mol. The van der Waals surface area contributed by atoms with Crippen LogP contribution >= 0.6 is 0 Å². The van der Waals surface area contributed by atoms with Crippen molar-refractivity contribution in [2.45, 2.75) is 33.6 Å². The van der Waals surface area contributed by atoms with Gasteiger partial charge < -0.3 is 15.1 Å². The molecule has 2 aromatic rings. The van der Waals surface area contributed by atoms with Gasteiger partial charge in [-0.2, -0.15) is 0 Å². The quantitative estimate of drug-likeness (QED) is 0.617. The second kappa shape index (κ2) is 11.4. The third-order valence-electron chi connectivity index (χ3n) is 7.43. The minimum atomic E-state index is -0.152. The first-order valence-corrected chi connectivity index (χ1v) is 12.6. The molecule has 2 amide bonds. The lowest BCUT2D eigenvalue weighted by molar-refractivity contribution is -0.132. The second-order valence-electron chi connectivity index (χ2n) is 10.0. The van der Waals surface area contributed by atoms with Crippen LogP contribution in [0.3, 0.4) is 0 Å². The molecule has 0 saturated carbocycles. The normalized spacial score (nSPS) is 22.6. The summed E-state index contributed by atoms with van der Waals surface area (Å²) in [6, 6.07) is 5.94. The van der Waals surface area contributed by atoms with E-state index < -0.39 is 0 Å². The summed E-state index contributed by atoms with van der Waals surface area (Å²) in [6.45, 7) is 10.3. The number of rotatable bonds is 7. The molecule has 186 valence electrons. The molecule has 0 bridgehead atoms. The highest BCUT2D eigenvalue weighted by atomic mass is 16.2. The number of allylic oxidation sites excluding steroid dienone is 1. The number of nitrogens with zero attached hydrogens (tertiary/aromatic N) is 5. The third kappa shape index (κ3) is 6.24. The zero-order valence-corrected chi connectivity index (χ0v) is 20.9. The molecule has 0 unspecified atom stereocenters. The average Bonchev–Trinajstić information content (AvgIpc) is 2.89. The predicted octanol–water partition coefficient (Wildman–Crippen LogP) is 3.19.